The van der Waals surface area contributed by atoms with Crippen LogP contribution in [-0.2, 0) is 19.1 Å². The quantitative estimate of drug-likeness (QED) is 0.766. The molecule has 5 nitrogen and oxygen atoms in total. The maximum absolute atomic E-state index is 12.9. The maximum atomic E-state index is 12.9. The van der Waals surface area contributed by atoms with E-state index in [9.17, 15) is 18.0 Å². The first-order valence-electron chi connectivity index (χ1n) is 9.06. The smallest absolute Gasteiger partial charge is 0.417 e. The van der Waals surface area contributed by atoms with E-state index >= 15 is 0 Å². The van der Waals surface area contributed by atoms with Crippen molar-refractivity contribution in [2.45, 2.75) is 33.0 Å². The zero-order chi connectivity index (χ0) is 20.3. The molecule has 0 atom stereocenters. The van der Waals surface area contributed by atoms with Crippen molar-refractivity contribution < 1.29 is 27.4 Å². The second-order valence-electron chi connectivity index (χ2n) is 6.37. The first kappa shape index (κ1) is 20.0. The number of hydrogen-bond donors (Lipinski definition) is 0. The van der Waals surface area contributed by atoms with Gasteiger partial charge >= 0.3 is 6.18 Å². The summed E-state index contributed by atoms with van der Waals surface area (Å²) in [5.74, 6) is 0.777. The molecule has 0 spiro atoms. The SMILES string of the molecule is CCOc1cc2c(cc1OCC)CN(C(=O)c1cncc(C(F)(F)F)c1)CC2. The first-order chi connectivity index (χ1) is 13.3. The monoisotopic (exact) mass is 394 g/mol. The third-order valence-electron chi connectivity index (χ3n) is 4.48. The van der Waals surface area contributed by atoms with Crippen molar-refractivity contribution in [2.24, 2.45) is 0 Å². The highest BCUT2D eigenvalue weighted by Gasteiger charge is 2.32. The Hall–Kier alpha value is -2.77. The predicted octanol–water partition coefficient (Wildman–Crippen LogP) is 4.10. The Bertz CT molecular complexity index is 868. The molecule has 1 aromatic carbocycles. The van der Waals surface area contributed by atoms with Gasteiger partial charge < -0.3 is 14.4 Å². The minimum Gasteiger partial charge on any atom is -0.490 e. The molecule has 1 aliphatic rings. The number of nitrogens with zero attached hydrogens (tertiary/aromatic N) is 2. The van der Waals surface area contributed by atoms with Gasteiger partial charge in [-0.3, -0.25) is 9.78 Å². The topological polar surface area (TPSA) is 51.7 Å². The Labute approximate surface area is 161 Å². The molecule has 150 valence electrons. The van der Waals surface area contributed by atoms with E-state index in [2.05, 4.69) is 4.98 Å². The van der Waals surface area contributed by atoms with Crippen LogP contribution in [0.25, 0.3) is 0 Å². The van der Waals surface area contributed by atoms with Crippen LogP contribution in [0.5, 0.6) is 11.5 Å². The lowest BCUT2D eigenvalue weighted by Crippen LogP contribution is -2.36. The van der Waals surface area contributed by atoms with Crippen LogP contribution in [0.3, 0.4) is 0 Å². The second kappa shape index (κ2) is 8.08. The van der Waals surface area contributed by atoms with Crippen LogP contribution < -0.4 is 9.47 Å². The number of pyridine rings is 1. The summed E-state index contributed by atoms with van der Waals surface area (Å²) in [5.41, 5.74) is 0.926. The van der Waals surface area contributed by atoms with Gasteiger partial charge in [0.2, 0.25) is 0 Å². The Morgan fingerprint density at radius 3 is 2.32 bits per heavy atom. The van der Waals surface area contributed by atoms with Gasteiger partial charge in [-0.05, 0) is 49.6 Å². The molecule has 0 aliphatic carbocycles. The number of fused-ring (bicyclic) bond motifs is 1. The molecular weight excluding hydrogens is 373 g/mol. The number of hydrogen-bond acceptors (Lipinski definition) is 4. The van der Waals surface area contributed by atoms with Crippen molar-refractivity contribution in [1.82, 2.24) is 9.88 Å². The van der Waals surface area contributed by atoms with Gasteiger partial charge in [-0.25, -0.2) is 0 Å². The summed E-state index contributed by atoms with van der Waals surface area (Å²) in [6.45, 7) is 5.42. The second-order valence-corrected chi connectivity index (χ2v) is 6.37. The van der Waals surface area contributed by atoms with Gasteiger partial charge in [0.15, 0.2) is 11.5 Å². The molecule has 8 heteroatoms. The third kappa shape index (κ3) is 4.21. The largest absolute Gasteiger partial charge is 0.490 e. The van der Waals surface area contributed by atoms with Crippen molar-refractivity contribution >= 4 is 5.91 Å². The fourth-order valence-corrected chi connectivity index (χ4v) is 3.17. The van der Waals surface area contributed by atoms with E-state index < -0.39 is 17.6 Å². The summed E-state index contributed by atoms with van der Waals surface area (Å²) in [7, 11) is 0. The van der Waals surface area contributed by atoms with Gasteiger partial charge in [0.05, 0.1) is 24.3 Å². The molecule has 0 fully saturated rings. The average Bonchev–Trinajstić information content (AvgIpc) is 2.67. The normalized spacial score (nSPS) is 13.8. The third-order valence-corrected chi connectivity index (χ3v) is 4.48. The number of aromatic nitrogens is 1. The fraction of sp³-hybridized carbons (Fsp3) is 0.400. The zero-order valence-corrected chi connectivity index (χ0v) is 15.7. The Morgan fingerprint density at radius 2 is 1.71 bits per heavy atom. The Morgan fingerprint density at radius 1 is 1.07 bits per heavy atom. The summed E-state index contributed by atoms with van der Waals surface area (Å²) < 4.78 is 49.9. The first-order valence-corrected chi connectivity index (χ1v) is 9.06. The molecule has 0 radical (unpaired) electrons. The van der Waals surface area contributed by atoms with Gasteiger partial charge in [-0.2, -0.15) is 13.2 Å². The van der Waals surface area contributed by atoms with E-state index in [0.29, 0.717) is 43.9 Å². The minimum absolute atomic E-state index is 0.0748. The molecule has 0 bridgehead atoms. The highest BCUT2D eigenvalue weighted by Crippen LogP contribution is 2.34. The van der Waals surface area contributed by atoms with E-state index in [4.69, 9.17) is 9.47 Å². The summed E-state index contributed by atoms with van der Waals surface area (Å²) >= 11 is 0. The molecule has 1 aliphatic heterocycles. The lowest BCUT2D eigenvalue weighted by molar-refractivity contribution is -0.137. The van der Waals surface area contributed by atoms with Crippen molar-refractivity contribution in [2.75, 3.05) is 19.8 Å². The van der Waals surface area contributed by atoms with E-state index in [1.165, 1.54) is 4.90 Å². The summed E-state index contributed by atoms with van der Waals surface area (Å²) in [6, 6.07) is 4.60. The van der Waals surface area contributed by atoms with Gasteiger partial charge in [0.25, 0.3) is 5.91 Å². The van der Waals surface area contributed by atoms with Crippen LogP contribution in [0.15, 0.2) is 30.6 Å². The molecule has 0 N–H and O–H groups in total. The number of amides is 1. The van der Waals surface area contributed by atoms with E-state index in [1.54, 1.807) is 0 Å². The maximum Gasteiger partial charge on any atom is 0.417 e. The van der Waals surface area contributed by atoms with Crippen LogP contribution >= 0.6 is 0 Å². The molecule has 2 heterocycles. The number of rotatable bonds is 5. The number of carbonyl (C=O) groups is 1. The highest BCUT2D eigenvalue weighted by atomic mass is 19.4. The standard InChI is InChI=1S/C20H21F3N2O3/c1-3-27-17-8-13-5-6-25(12-15(13)9-18(17)28-4-2)19(26)14-7-16(11-24-10-14)20(21,22)23/h7-11H,3-6,12H2,1-2H3. The van der Waals surface area contributed by atoms with E-state index in [1.807, 2.05) is 26.0 Å². The van der Waals surface area contributed by atoms with E-state index in [-0.39, 0.29) is 12.1 Å². The molecule has 1 aromatic heterocycles. The van der Waals surface area contributed by atoms with Crippen LogP contribution in [0.2, 0.25) is 0 Å². The zero-order valence-electron chi connectivity index (χ0n) is 15.7. The Balaban J connectivity index is 1.85. The number of carbonyl (C=O) groups excluding carboxylic acids is 1. The van der Waals surface area contributed by atoms with E-state index in [0.717, 1.165) is 23.4 Å². The van der Waals surface area contributed by atoms with Crippen molar-refractivity contribution in [3.05, 3.63) is 52.8 Å². The van der Waals surface area contributed by atoms with Gasteiger partial charge in [-0.1, -0.05) is 0 Å². The van der Waals surface area contributed by atoms with Crippen molar-refractivity contribution in [1.29, 1.82) is 0 Å². The number of halogens is 3. The predicted molar refractivity (Wildman–Crippen MR) is 96.5 cm³/mol. The lowest BCUT2D eigenvalue weighted by atomic mass is 9.98. The lowest BCUT2D eigenvalue weighted by Gasteiger charge is -2.30. The molecule has 0 saturated carbocycles. The Kier molecular flexibility index (Phi) is 5.76. The molecule has 3 rings (SSSR count). The molecule has 2 aromatic rings. The molecular formula is C20H21F3N2O3. The highest BCUT2D eigenvalue weighted by molar-refractivity contribution is 5.94. The van der Waals surface area contributed by atoms with Crippen molar-refractivity contribution in [3.8, 4) is 11.5 Å². The summed E-state index contributed by atoms with van der Waals surface area (Å²) in [5, 5.41) is 0. The number of ether oxygens (including phenoxy) is 2. The molecule has 1 amide bonds. The van der Waals surface area contributed by atoms with Crippen LogP contribution in [-0.4, -0.2) is 35.5 Å². The van der Waals surface area contributed by atoms with Gasteiger partial charge in [0.1, 0.15) is 0 Å². The van der Waals surface area contributed by atoms with Crippen LogP contribution in [0.4, 0.5) is 13.2 Å². The molecule has 0 unspecified atom stereocenters. The summed E-state index contributed by atoms with van der Waals surface area (Å²) in [4.78, 5) is 17.8. The summed E-state index contributed by atoms with van der Waals surface area (Å²) in [6.07, 6.45) is -2.08. The van der Waals surface area contributed by atoms with Crippen LogP contribution in [0, 0.1) is 0 Å². The van der Waals surface area contributed by atoms with Crippen LogP contribution in [0.1, 0.15) is 40.9 Å². The number of alkyl halides is 3. The minimum atomic E-state index is -4.54. The number of benzene rings is 1. The molecule has 28 heavy (non-hydrogen) atoms. The average molecular weight is 394 g/mol. The van der Waals surface area contributed by atoms with Gasteiger partial charge in [0, 0.05) is 25.5 Å². The van der Waals surface area contributed by atoms with Gasteiger partial charge in [-0.15, -0.1) is 0 Å². The molecule has 0 saturated heterocycles. The van der Waals surface area contributed by atoms with Crippen molar-refractivity contribution in [3.63, 3.8) is 0 Å². The fourth-order valence-electron chi connectivity index (χ4n) is 3.17.